The molecule has 1 aromatic carbocycles. The van der Waals surface area contributed by atoms with Crippen molar-refractivity contribution in [3.05, 3.63) is 57.3 Å². The summed E-state index contributed by atoms with van der Waals surface area (Å²) in [6.07, 6.45) is 11.2. The van der Waals surface area contributed by atoms with E-state index in [0.717, 1.165) is 42.8 Å². The van der Waals surface area contributed by atoms with Crippen LogP contribution in [0.3, 0.4) is 0 Å². The molecule has 182 valence electrons. The first kappa shape index (κ1) is 25.4. The van der Waals surface area contributed by atoms with Crippen LogP contribution in [0.15, 0.2) is 29.1 Å². The standard InChI is InChI=1S/C27H42N4O2/c1-3-4-5-6-8-14-24-21(2)29-26(30-27(24)32)25(28)15-18-33-23-13-11-12-22(19-23)20-31-16-9-7-10-17-31/h11-13,19,25H,3-10,14-18,20,28H2,1-2H3,(H,29,30,32). The van der Waals surface area contributed by atoms with Gasteiger partial charge in [-0.25, -0.2) is 4.98 Å². The van der Waals surface area contributed by atoms with Gasteiger partial charge in [0.1, 0.15) is 11.6 Å². The van der Waals surface area contributed by atoms with Gasteiger partial charge in [0.25, 0.3) is 5.56 Å². The van der Waals surface area contributed by atoms with E-state index < -0.39 is 0 Å². The number of likely N-dealkylation sites (tertiary alicyclic amines) is 1. The molecule has 1 saturated heterocycles. The molecule has 0 radical (unpaired) electrons. The zero-order chi connectivity index (χ0) is 23.5. The van der Waals surface area contributed by atoms with E-state index >= 15 is 0 Å². The third-order valence-corrected chi connectivity index (χ3v) is 6.57. The molecule has 0 amide bonds. The van der Waals surface area contributed by atoms with Crippen LogP contribution in [0.5, 0.6) is 5.75 Å². The molecular formula is C27H42N4O2. The van der Waals surface area contributed by atoms with Crippen molar-refractivity contribution in [2.75, 3.05) is 19.7 Å². The predicted molar refractivity (Wildman–Crippen MR) is 135 cm³/mol. The van der Waals surface area contributed by atoms with E-state index in [2.05, 4.69) is 40.0 Å². The first-order valence-corrected chi connectivity index (χ1v) is 12.9. The van der Waals surface area contributed by atoms with Gasteiger partial charge >= 0.3 is 0 Å². The van der Waals surface area contributed by atoms with Gasteiger partial charge in [0, 0.05) is 24.2 Å². The molecular weight excluding hydrogens is 412 g/mol. The van der Waals surface area contributed by atoms with Gasteiger partial charge in [0.15, 0.2) is 0 Å². The molecule has 1 unspecified atom stereocenters. The molecule has 33 heavy (non-hydrogen) atoms. The zero-order valence-corrected chi connectivity index (χ0v) is 20.6. The number of nitrogens with one attached hydrogen (secondary N) is 1. The zero-order valence-electron chi connectivity index (χ0n) is 20.6. The van der Waals surface area contributed by atoms with Crippen molar-refractivity contribution in [1.29, 1.82) is 0 Å². The van der Waals surface area contributed by atoms with Crippen LogP contribution in [-0.4, -0.2) is 34.6 Å². The number of H-pyrrole nitrogens is 1. The lowest BCUT2D eigenvalue weighted by molar-refractivity contribution is 0.220. The Morgan fingerprint density at radius 2 is 1.94 bits per heavy atom. The second kappa shape index (κ2) is 13.5. The molecule has 3 N–H and O–H groups in total. The minimum absolute atomic E-state index is 0.0465. The summed E-state index contributed by atoms with van der Waals surface area (Å²) in [7, 11) is 0. The lowest BCUT2D eigenvalue weighted by Gasteiger charge is -2.26. The fourth-order valence-electron chi connectivity index (χ4n) is 4.56. The quantitative estimate of drug-likeness (QED) is 0.414. The number of hydrogen-bond donors (Lipinski definition) is 2. The summed E-state index contributed by atoms with van der Waals surface area (Å²) in [6.45, 7) is 7.95. The summed E-state index contributed by atoms with van der Waals surface area (Å²) >= 11 is 0. The lowest BCUT2D eigenvalue weighted by Crippen LogP contribution is -2.29. The molecule has 1 atom stereocenters. The van der Waals surface area contributed by atoms with Gasteiger partial charge in [0.2, 0.25) is 0 Å². The second-order valence-corrected chi connectivity index (χ2v) is 9.41. The van der Waals surface area contributed by atoms with Crippen LogP contribution in [0.2, 0.25) is 0 Å². The summed E-state index contributed by atoms with van der Waals surface area (Å²) in [5.74, 6) is 1.42. The van der Waals surface area contributed by atoms with Crippen molar-refractivity contribution in [2.24, 2.45) is 5.73 Å². The highest BCUT2D eigenvalue weighted by atomic mass is 16.5. The SMILES string of the molecule is CCCCCCCc1c(C)nc(C(N)CCOc2cccc(CN3CCCCC3)c2)[nH]c1=O. The average molecular weight is 455 g/mol. The minimum Gasteiger partial charge on any atom is -0.494 e. The molecule has 0 spiro atoms. The van der Waals surface area contributed by atoms with E-state index in [9.17, 15) is 4.79 Å². The predicted octanol–water partition coefficient (Wildman–Crippen LogP) is 5.05. The number of ether oxygens (including phenoxy) is 1. The van der Waals surface area contributed by atoms with Crippen molar-refractivity contribution >= 4 is 0 Å². The average Bonchev–Trinajstić information content (AvgIpc) is 2.81. The number of hydrogen-bond acceptors (Lipinski definition) is 5. The Bertz CT molecular complexity index is 905. The van der Waals surface area contributed by atoms with Crippen LogP contribution < -0.4 is 16.0 Å². The summed E-state index contributed by atoms with van der Waals surface area (Å²) in [5, 5.41) is 0. The van der Waals surface area contributed by atoms with Crippen LogP contribution in [0, 0.1) is 6.92 Å². The molecule has 1 aliphatic rings. The van der Waals surface area contributed by atoms with Crippen LogP contribution in [0.4, 0.5) is 0 Å². The van der Waals surface area contributed by atoms with Crippen LogP contribution in [0.25, 0.3) is 0 Å². The Labute approximate surface area is 199 Å². The van der Waals surface area contributed by atoms with Crippen molar-refractivity contribution in [3.8, 4) is 5.75 Å². The molecule has 2 aromatic rings. The minimum atomic E-state index is -0.355. The van der Waals surface area contributed by atoms with Gasteiger partial charge in [-0.15, -0.1) is 0 Å². The summed E-state index contributed by atoms with van der Waals surface area (Å²) < 4.78 is 5.98. The maximum atomic E-state index is 12.6. The second-order valence-electron chi connectivity index (χ2n) is 9.41. The smallest absolute Gasteiger partial charge is 0.254 e. The van der Waals surface area contributed by atoms with Crippen LogP contribution in [-0.2, 0) is 13.0 Å². The van der Waals surface area contributed by atoms with Gasteiger partial charge in [-0.1, -0.05) is 51.2 Å². The first-order valence-electron chi connectivity index (χ1n) is 12.9. The molecule has 0 aliphatic carbocycles. The van der Waals surface area contributed by atoms with Crippen molar-refractivity contribution in [1.82, 2.24) is 14.9 Å². The van der Waals surface area contributed by atoms with Gasteiger partial charge in [-0.2, -0.15) is 0 Å². The molecule has 1 fully saturated rings. The number of aryl methyl sites for hydroxylation is 1. The number of nitrogens with zero attached hydrogens (tertiary/aromatic N) is 2. The molecule has 1 aromatic heterocycles. The van der Waals surface area contributed by atoms with Crippen molar-refractivity contribution in [2.45, 2.75) is 90.6 Å². The summed E-state index contributed by atoms with van der Waals surface area (Å²) in [5.41, 5.74) is 9.17. The van der Waals surface area contributed by atoms with Gasteiger partial charge in [-0.05, 0) is 63.4 Å². The fraction of sp³-hybridized carbons (Fsp3) is 0.630. The van der Waals surface area contributed by atoms with E-state index in [1.54, 1.807) is 0 Å². The largest absolute Gasteiger partial charge is 0.494 e. The Morgan fingerprint density at radius 3 is 2.70 bits per heavy atom. The van der Waals surface area contributed by atoms with Crippen molar-refractivity contribution in [3.63, 3.8) is 0 Å². The van der Waals surface area contributed by atoms with E-state index in [1.165, 1.54) is 57.2 Å². The maximum absolute atomic E-state index is 12.6. The number of unbranched alkanes of at least 4 members (excludes halogenated alkanes) is 4. The molecule has 6 nitrogen and oxygen atoms in total. The van der Waals surface area contributed by atoms with E-state index in [1.807, 2.05) is 13.0 Å². The Morgan fingerprint density at radius 1 is 1.15 bits per heavy atom. The van der Waals surface area contributed by atoms with Gasteiger partial charge in [0.05, 0.1) is 12.6 Å². The van der Waals surface area contributed by atoms with E-state index in [4.69, 9.17) is 10.5 Å². The Hall–Kier alpha value is -2.18. The highest BCUT2D eigenvalue weighted by Crippen LogP contribution is 2.19. The molecule has 2 heterocycles. The molecule has 0 bridgehead atoms. The van der Waals surface area contributed by atoms with E-state index in [-0.39, 0.29) is 11.6 Å². The van der Waals surface area contributed by atoms with Crippen molar-refractivity contribution < 1.29 is 4.74 Å². The monoisotopic (exact) mass is 454 g/mol. The molecule has 3 rings (SSSR count). The number of rotatable bonds is 13. The highest BCUT2D eigenvalue weighted by Gasteiger charge is 2.14. The van der Waals surface area contributed by atoms with Gasteiger partial charge in [-0.3, -0.25) is 9.69 Å². The number of aromatic amines is 1. The van der Waals surface area contributed by atoms with Gasteiger partial charge < -0.3 is 15.5 Å². The molecule has 6 heteroatoms. The fourth-order valence-corrected chi connectivity index (χ4v) is 4.56. The number of piperidine rings is 1. The third kappa shape index (κ3) is 8.27. The Balaban J connectivity index is 1.48. The third-order valence-electron chi connectivity index (χ3n) is 6.57. The topological polar surface area (TPSA) is 84.2 Å². The lowest BCUT2D eigenvalue weighted by atomic mass is 10.1. The van der Waals surface area contributed by atoms with E-state index in [0.29, 0.717) is 18.9 Å². The van der Waals surface area contributed by atoms with Crippen LogP contribution in [0.1, 0.15) is 93.4 Å². The molecule has 1 aliphatic heterocycles. The van der Waals surface area contributed by atoms with Crippen LogP contribution >= 0.6 is 0 Å². The number of aromatic nitrogens is 2. The number of benzene rings is 1. The normalized spacial score (nSPS) is 15.5. The highest BCUT2D eigenvalue weighted by molar-refractivity contribution is 5.28. The summed E-state index contributed by atoms with van der Waals surface area (Å²) in [4.78, 5) is 22.6. The maximum Gasteiger partial charge on any atom is 0.254 e. The summed E-state index contributed by atoms with van der Waals surface area (Å²) in [6, 6.07) is 7.98. The first-order chi connectivity index (χ1) is 16.1. The Kier molecular flexibility index (Phi) is 10.4. The molecule has 0 saturated carbocycles. The number of nitrogens with two attached hydrogens (primary N) is 1.